The van der Waals surface area contributed by atoms with Gasteiger partial charge in [0.25, 0.3) is 0 Å². The van der Waals surface area contributed by atoms with E-state index < -0.39 is 11.7 Å². The molecule has 0 aromatic heterocycles. The van der Waals surface area contributed by atoms with Gasteiger partial charge in [-0.05, 0) is 20.8 Å². The van der Waals surface area contributed by atoms with Gasteiger partial charge < -0.3 is 14.3 Å². The second-order valence-electron chi connectivity index (χ2n) is 4.02. The lowest BCUT2D eigenvalue weighted by Gasteiger charge is -2.19. The van der Waals surface area contributed by atoms with Crippen molar-refractivity contribution in [1.82, 2.24) is 5.48 Å². The molecule has 0 saturated carbocycles. The van der Waals surface area contributed by atoms with E-state index in [1.807, 2.05) is 0 Å². The lowest BCUT2D eigenvalue weighted by Crippen LogP contribution is -2.33. The van der Waals surface area contributed by atoms with Crippen LogP contribution in [-0.4, -0.2) is 37.8 Å². The summed E-state index contributed by atoms with van der Waals surface area (Å²) in [4.78, 5) is 25.8. The van der Waals surface area contributed by atoms with Gasteiger partial charge in [-0.15, -0.1) is 0 Å². The Morgan fingerprint density at radius 3 is 2.50 bits per heavy atom. The Morgan fingerprint density at radius 1 is 1.25 bits per heavy atom. The number of ether oxygens (including phenoxy) is 2. The highest BCUT2D eigenvalue weighted by molar-refractivity contribution is 5.66. The van der Waals surface area contributed by atoms with Crippen molar-refractivity contribution < 1.29 is 23.9 Å². The van der Waals surface area contributed by atoms with E-state index in [-0.39, 0.29) is 6.61 Å². The van der Waals surface area contributed by atoms with Gasteiger partial charge in [0, 0.05) is 6.42 Å². The average Bonchev–Trinajstić information content (AvgIpc) is 2.13. The van der Waals surface area contributed by atoms with Gasteiger partial charge in [0.05, 0.1) is 19.8 Å². The zero-order chi connectivity index (χ0) is 12.4. The number of carbonyl (C=O) groups is 2. The summed E-state index contributed by atoms with van der Waals surface area (Å²) in [5.74, 6) is 0. The molecule has 6 heteroatoms. The third-order valence-corrected chi connectivity index (χ3v) is 1.26. The lowest BCUT2D eigenvalue weighted by atomic mass is 10.2. The highest BCUT2D eigenvalue weighted by atomic mass is 16.7. The van der Waals surface area contributed by atoms with E-state index in [4.69, 9.17) is 14.3 Å². The number of carbonyl (C=O) groups excluding carboxylic acids is 2. The van der Waals surface area contributed by atoms with E-state index in [0.717, 1.165) is 6.29 Å². The summed E-state index contributed by atoms with van der Waals surface area (Å²) in [5.41, 5.74) is 1.57. The summed E-state index contributed by atoms with van der Waals surface area (Å²) in [5, 5.41) is 0. The molecule has 0 aromatic carbocycles. The molecule has 1 amide bonds. The van der Waals surface area contributed by atoms with Crippen LogP contribution in [-0.2, 0) is 19.1 Å². The topological polar surface area (TPSA) is 73.9 Å². The first-order valence-electron chi connectivity index (χ1n) is 5.08. The highest BCUT2D eigenvalue weighted by Crippen LogP contribution is 2.06. The fourth-order valence-corrected chi connectivity index (χ4v) is 0.743. The highest BCUT2D eigenvalue weighted by Gasteiger charge is 2.15. The molecule has 0 aliphatic rings. The maximum Gasteiger partial charge on any atom is 0.431 e. The minimum Gasteiger partial charge on any atom is -0.442 e. The molecule has 0 fully saturated rings. The van der Waals surface area contributed by atoms with Crippen molar-refractivity contribution in [2.24, 2.45) is 0 Å². The van der Waals surface area contributed by atoms with E-state index in [2.05, 4.69) is 5.48 Å². The van der Waals surface area contributed by atoms with Crippen molar-refractivity contribution in [2.45, 2.75) is 32.8 Å². The second kappa shape index (κ2) is 8.06. The summed E-state index contributed by atoms with van der Waals surface area (Å²) in [6, 6.07) is 0. The molecule has 0 heterocycles. The standard InChI is InChI=1S/C10H19NO5/c1-10(2,3)16-9(13)11-15-8-7-14-6-4-5-12/h5H,4,6-8H2,1-3H3,(H,11,13). The Morgan fingerprint density at radius 2 is 1.94 bits per heavy atom. The van der Waals surface area contributed by atoms with Crippen LogP contribution < -0.4 is 5.48 Å². The molecule has 0 atom stereocenters. The van der Waals surface area contributed by atoms with Gasteiger partial charge in [0.2, 0.25) is 0 Å². The molecule has 0 radical (unpaired) electrons. The van der Waals surface area contributed by atoms with E-state index in [1.54, 1.807) is 20.8 Å². The Labute approximate surface area is 95.2 Å². The first kappa shape index (κ1) is 14.9. The first-order valence-corrected chi connectivity index (χ1v) is 5.08. The van der Waals surface area contributed by atoms with Crippen LogP contribution in [0.3, 0.4) is 0 Å². The normalized spacial score (nSPS) is 10.9. The van der Waals surface area contributed by atoms with E-state index in [9.17, 15) is 9.59 Å². The maximum absolute atomic E-state index is 11.0. The van der Waals surface area contributed by atoms with Crippen molar-refractivity contribution in [2.75, 3.05) is 19.8 Å². The third-order valence-electron chi connectivity index (χ3n) is 1.26. The predicted octanol–water partition coefficient (Wildman–Crippen LogP) is 1.05. The Bertz CT molecular complexity index is 212. The zero-order valence-corrected chi connectivity index (χ0v) is 9.95. The zero-order valence-electron chi connectivity index (χ0n) is 9.95. The molecule has 6 nitrogen and oxygen atoms in total. The van der Waals surface area contributed by atoms with Crippen LogP contribution in [0.25, 0.3) is 0 Å². The number of aldehydes is 1. The number of rotatable bonds is 7. The van der Waals surface area contributed by atoms with Gasteiger partial charge in [-0.3, -0.25) is 4.84 Å². The van der Waals surface area contributed by atoms with Crippen molar-refractivity contribution in [1.29, 1.82) is 0 Å². The van der Waals surface area contributed by atoms with E-state index in [0.29, 0.717) is 19.6 Å². The van der Waals surface area contributed by atoms with Gasteiger partial charge in [0.1, 0.15) is 11.9 Å². The van der Waals surface area contributed by atoms with Crippen LogP contribution in [0.2, 0.25) is 0 Å². The van der Waals surface area contributed by atoms with Gasteiger partial charge in [-0.25, -0.2) is 4.79 Å². The largest absolute Gasteiger partial charge is 0.442 e. The van der Waals surface area contributed by atoms with Crippen LogP contribution in [0.1, 0.15) is 27.2 Å². The quantitative estimate of drug-likeness (QED) is 0.404. The number of hydrogen-bond donors (Lipinski definition) is 1. The third kappa shape index (κ3) is 10.9. The minimum absolute atomic E-state index is 0.206. The average molecular weight is 233 g/mol. The van der Waals surface area contributed by atoms with Crippen LogP contribution in [0.15, 0.2) is 0 Å². The lowest BCUT2D eigenvalue weighted by molar-refractivity contribution is -0.109. The van der Waals surface area contributed by atoms with Crippen LogP contribution >= 0.6 is 0 Å². The number of hydroxylamine groups is 1. The molecule has 0 unspecified atom stereocenters. The van der Waals surface area contributed by atoms with Gasteiger partial charge in [-0.1, -0.05) is 0 Å². The minimum atomic E-state index is -0.639. The summed E-state index contributed by atoms with van der Waals surface area (Å²) in [7, 11) is 0. The molecule has 94 valence electrons. The number of amides is 1. The van der Waals surface area contributed by atoms with Crippen molar-refractivity contribution in [3.8, 4) is 0 Å². The molecular weight excluding hydrogens is 214 g/mol. The first-order chi connectivity index (χ1) is 7.45. The molecule has 0 aliphatic heterocycles. The van der Waals surface area contributed by atoms with E-state index in [1.165, 1.54) is 0 Å². The Kier molecular flexibility index (Phi) is 7.49. The van der Waals surface area contributed by atoms with Crippen molar-refractivity contribution in [3.63, 3.8) is 0 Å². The molecule has 0 saturated heterocycles. The van der Waals surface area contributed by atoms with Gasteiger partial charge in [0.15, 0.2) is 0 Å². The summed E-state index contributed by atoms with van der Waals surface area (Å²) >= 11 is 0. The summed E-state index contributed by atoms with van der Waals surface area (Å²) in [6.45, 7) is 6.15. The van der Waals surface area contributed by atoms with E-state index >= 15 is 0 Å². The van der Waals surface area contributed by atoms with Crippen LogP contribution in [0.4, 0.5) is 4.79 Å². The smallest absolute Gasteiger partial charge is 0.431 e. The van der Waals surface area contributed by atoms with Crippen molar-refractivity contribution >= 4 is 12.4 Å². The number of nitrogens with one attached hydrogen (secondary N) is 1. The van der Waals surface area contributed by atoms with Crippen LogP contribution in [0, 0.1) is 0 Å². The molecule has 0 aromatic rings. The monoisotopic (exact) mass is 233 g/mol. The molecule has 16 heavy (non-hydrogen) atoms. The Balaban J connectivity index is 3.31. The molecule has 0 bridgehead atoms. The molecule has 0 aliphatic carbocycles. The van der Waals surface area contributed by atoms with Crippen LogP contribution in [0.5, 0.6) is 0 Å². The maximum atomic E-state index is 11.0. The fraction of sp³-hybridized carbons (Fsp3) is 0.800. The van der Waals surface area contributed by atoms with Gasteiger partial charge in [-0.2, -0.15) is 5.48 Å². The summed E-state index contributed by atoms with van der Waals surface area (Å²) in [6.07, 6.45) is 0.500. The second-order valence-corrected chi connectivity index (χ2v) is 4.02. The fourth-order valence-electron chi connectivity index (χ4n) is 0.743. The Hall–Kier alpha value is -1.14. The molecular formula is C10H19NO5. The van der Waals surface area contributed by atoms with Crippen molar-refractivity contribution in [3.05, 3.63) is 0 Å². The SMILES string of the molecule is CC(C)(C)OC(=O)NOCCOCCC=O. The summed E-state index contributed by atoms with van der Waals surface area (Å²) < 4.78 is 9.93. The molecule has 1 N–H and O–H groups in total. The predicted molar refractivity (Wildman–Crippen MR) is 56.8 cm³/mol. The molecule has 0 rings (SSSR count). The molecule has 0 spiro atoms. The van der Waals surface area contributed by atoms with Gasteiger partial charge >= 0.3 is 6.09 Å². The number of hydrogen-bond acceptors (Lipinski definition) is 5.